The molecular weight excluding hydrogens is 272 g/mol. The van der Waals surface area contributed by atoms with Crippen LogP contribution in [-0.2, 0) is 4.74 Å². The number of nitrogens with zero attached hydrogens (tertiary/aromatic N) is 2. The molecule has 0 spiro atoms. The Morgan fingerprint density at radius 3 is 2.23 bits per heavy atom. The average Bonchev–Trinajstić information content (AvgIpc) is 2.37. The fraction of sp³-hybridized carbons (Fsp3) is 1.00. The third-order valence-electron chi connectivity index (χ3n) is 5.52. The van der Waals surface area contributed by atoms with Gasteiger partial charge in [0.25, 0.3) is 0 Å². The molecular formula is C19H38N2O. The van der Waals surface area contributed by atoms with Gasteiger partial charge in [0.1, 0.15) is 0 Å². The summed E-state index contributed by atoms with van der Waals surface area (Å²) in [7, 11) is 2.25. The minimum atomic E-state index is 0.358. The molecule has 0 aliphatic carbocycles. The second-order valence-corrected chi connectivity index (χ2v) is 9.56. The molecule has 1 atom stereocenters. The first-order valence-electron chi connectivity index (χ1n) is 9.18. The van der Waals surface area contributed by atoms with Gasteiger partial charge in [0.2, 0.25) is 0 Å². The number of hydrogen-bond acceptors (Lipinski definition) is 3. The number of likely N-dealkylation sites (tertiary alicyclic amines) is 1. The van der Waals surface area contributed by atoms with Crippen LogP contribution in [0, 0.1) is 16.7 Å². The van der Waals surface area contributed by atoms with Crippen LogP contribution in [0.15, 0.2) is 0 Å². The molecule has 2 rings (SSSR count). The van der Waals surface area contributed by atoms with Gasteiger partial charge in [0, 0.05) is 19.6 Å². The van der Waals surface area contributed by atoms with Crippen molar-refractivity contribution in [1.29, 1.82) is 0 Å². The number of hydrogen-bond donors (Lipinski definition) is 0. The van der Waals surface area contributed by atoms with Gasteiger partial charge in [-0.3, -0.25) is 4.90 Å². The molecule has 2 aliphatic rings. The van der Waals surface area contributed by atoms with E-state index in [0.29, 0.717) is 16.9 Å². The number of ether oxygens (including phenoxy) is 1. The van der Waals surface area contributed by atoms with Crippen molar-refractivity contribution in [3.8, 4) is 0 Å². The molecule has 0 saturated carbocycles. The monoisotopic (exact) mass is 310 g/mol. The lowest BCUT2D eigenvalue weighted by atomic mass is 9.73. The van der Waals surface area contributed by atoms with Crippen LogP contribution in [0.4, 0.5) is 0 Å². The summed E-state index contributed by atoms with van der Waals surface area (Å²) in [6.45, 7) is 18.8. The second kappa shape index (κ2) is 7.19. The summed E-state index contributed by atoms with van der Waals surface area (Å²) in [5, 5.41) is 0. The van der Waals surface area contributed by atoms with Crippen molar-refractivity contribution in [2.75, 3.05) is 46.4 Å². The number of piperidine rings is 1. The van der Waals surface area contributed by atoms with Crippen molar-refractivity contribution in [3.05, 3.63) is 0 Å². The fourth-order valence-corrected chi connectivity index (χ4v) is 4.23. The van der Waals surface area contributed by atoms with Crippen LogP contribution in [0.3, 0.4) is 0 Å². The van der Waals surface area contributed by atoms with Gasteiger partial charge in [0.15, 0.2) is 0 Å². The maximum atomic E-state index is 6.01. The molecule has 3 heteroatoms. The van der Waals surface area contributed by atoms with E-state index in [9.17, 15) is 0 Å². The minimum absolute atomic E-state index is 0.358. The smallest absolute Gasteiger partial charge is 0.0707 e. The highest BCUT2D eigenvalue weighted by molar-refractivity contribution is 4.87. The summed E-state index contributed by atoms with van der Waals surface area (Å²) >= 11 is 0. The summed E-state index contributed by atoms with van der Waals surface area (Å²) in [4.78, 5) is 5.14. The molecule has 0 aromatic rings. The Balaban J connectivity index is 1.86. The molecule has 2 fully saturated rings. The summed E-state index contributed by atoms with van der Waals surface area (Å²) in [6, 6.07) is 0. The lowest BCUT2D eigenvalue weighted by Crippen LogP contribution is -2.49. The zero-order valence-corrected chi connectivity index (χ0v) is 15.8. The highest BCUT2D eigenvalue weighted by Gasteiger charge is 2.35. The standard InChI is InChI=1S/C19H38N2O/c1-18(2,3)13-17-14-21(11-12-22-17)15-19(4,5)16-7-9-20(6)10-8-16/h16-17H,7-15H2,1-6H3. The molecule has 2 aliphatic heterocycles. The summed E-state index contributed by atoms with van der Waals surface area (Å²) in [5.41, 5.74) is 0.780. The van der Waals surface area contributed by atoms with E-state index in [1.165, 1.54) is 32.5 Å². The van der Waals surface area contributed by atoms with Crippen molar-refractivity contribution in [2.24, 2.45) is 16.7 Å². The van der Waals surface area contributed by atoms with Gasteiger partial charge >= 0.3 is 0 Å². The van der Waals surface area contributed by atoms with Gasteiger partial charge in [-0.25, -0.2) is 0 Å². The third-order valence-corrected chi connectivity index (χ3v) is 5.52. The van der Waals surface area contributed by atoms with E-state index < -0.39 is 0 Å². The van der Waals surface area contributed by atoms with Gasteiger partial charge in [-0.05, 0) is 56.1 Å². The van der Waals surface area contributed by atoms with Crippen LogP contribution in [0.25, 0.3) is 0 Å². The molecule has 3 nitrogen and oxygen atoms in total. The van der Waals surface area contributed by atoms with E-state index in [1.807, 2.05) is 0 Å². The average molecular weight is 311 g/mol. The molecule has 130 valence electrons. The van der Waals surface area contributed by atoms with Gasteiger partial charge < -0.3 is 9.64 Å². The summed E-state index contributed by atoms with van der Waals surface area (Å²) in [6.07, 6.45) is 4.30. The third kappa shape index (κ3) is 5.50. The molecule has 0 amide bonds. The molecule has 0 bridgehead atoms. The Morgan fingerprint density at radius 1 is 1.00 bits per heavy atom. The predicted molar refractivity (Wildman–Crippen MR) is 94.3 cm³/mol. The predicted octanol–water partition coefficient (Wildman–Crippen LogP) is 3.49. The first-order chi connectivity index (χ1) is 10.2. The fourth-order valence-electron chi connectivity index (χ4n) is 4.23. The first-order valence-corrected chi connectivity index (χ1v) is 9.18. The molecule has 2 heterocycles. The van der Waals surface area contributed by atoms with Crippen LogP contribution < -0.4 is 0 Å². The van der Waals surface area contributed by atoms with Crippen LogP contribution >= 0.6 is 0 Å². The topological polar surface area (TPSA) is 15.7 Å². The molecule has 0 aromatic carbocycles. The van der Waals surface area contributed by atoms with E-state index in [2.05, 4.69) is 51.5 Å². The van der Waals surface area contributed by atoms with Crippen molar-refractivity contribution < 1.29 is 4.74 Å². The van der Waals surface area contributed by atoms with Crippen LogP contribution in [0.2, 0.25) is 0 Å². The zero-order valence-electron chi connectivity index (χ0n) is 15.8. The van der Waals surface area contributed by atoms with E-state index in [4.69, 9.17) is 4.74 Å². The largest absolute Gasteiger partial charge is 0.376 e. The lowest BCUT2D eigenvalue weighted by molar-refractivity contribution is -0.0605. The first kappa shape index (κ1) is 18.2. The molecule has 22 heavy (non-hydrogen) atoms. The SMILES string of the molecule is CN1CCC(C(C)(C)CN2CCOC(CC(C)(C)C)C2)CC1. The van der Waals surface area contributed by atoms with Crippen LogP contribution in [0.1, 0.15) is 53.9 Å². The Hall–Kier alpha value is -0.120. The zero-order chi connectivity index (χ0) is 16.4. The second-order valence-electron chi connectivity index (χ2n) is 9.56. The Morgan fingerprint density at radius 2 is 1.64 bits per heavy atom. The lowest BCUT2D eigenvalue weighted by Gasteiger charge is -2.44. The Kier molecular flexibility index (Phi) is 5.95. The van der Waals surface area contributed by atoms with E-state index in [-0.39, 0.29) is 0 Å². The summed E-state index contributed by atoms with van der Waals surface area (Å²) in [5.74, 6) is 0.868. The van der Waals surface area contributed by atoms with Gasteiger partial charge in [0.05, 0.1) is 12.7 Å². The summed E-state index contributed by atoms with van der Waals surface area (Å²) < 4.78 is 6.01. The maximum absolute atomic E-state index is 6.01. The number of morpholine rings is 1. The van der Waals surface area contributed by atoms with Gasteiger partial charge in [-0.2, -0.15) is 0 Å². The number of rotatable bonds is 4. The van der Waals surface area contributed by atoms with Crippen LogP contribution in [-0.4, -0.2) is 62.3 Å². The van der Waals surface area contributed by atoms with E-state index in [0.717, 1.165) is 32.0 Å². The normalized spacial score (nSPS) is 27.3. The molecule has 1 unspecified atom stereocenters. The van der Waals surface area contributed by atoms with Gasteiger partial charge in [-0.15, -0.1) is 0 Å². The Bertz CT molecular complexity index is 340. The highest BCUT2D eigenvalue weighted by atomic mass is 16.5. The Labute approximate surface area is 138 Å². The molecule has 2 saturated heterocycles. The molecule has 0 aromatic heterocycles. The van der Waals surface area contributed by atoms with Crippen LogP contribution in [0.5, 0.6) is 0 Å². The highest BCUT2D eigenvalue weighted by Crippen LogP contribution is 2.36. The van der Waals surface area contributed by atoms with Crippen molar-refractivity contribution >= 4 is 0 Å². The quantitative estimate of drug-likeness (QED) is 0.790. The van der Waals surface area contributed by atoms with E-state index >= 15 is 0 Å². The van der Waals surface area contributed by atoms with E-state index in [1.54, 1.807) is 0 Å². The molecule has 0 N–H and O–H groups in total. The van der Waals surface area contributed by atoms with Crippen molar-refractivity contribution in [1.82, 2.24) is 9.80 Å². The maximum Gasteiger partial charge on any atom is 0.0707 e. The van der Waals surface area contributed by atoms with Crippen molar-refractivity contribution in [2.45, 2.75) is 60.0 Å². The van der Waals surface area contributed by atoms with Crippen molar-refractivity contribution in [3.63, 3.8) is 0 Å². The molecule has 0 radical (unpaired) electrons. The minimum Gasteiger partial charge on any atom is -0.376 e. The van der Waals surface area contributed by atoms with Gasteiger partial charge in [-0.1, -0.05) is 34.6 Å².